The van der Waals surface area contributed by atoms with Gasteiger partial charge in [-0.25, -0.2) is 9.78 Å². The number of aryl methyl sites for hydroxylation is 1. The number of piperidine rings is 1. The van der Waals surface area contributed by atoms with Crippen LogP contribution in [0.15, 0.2) is 34.9 Å². The Morgan fingerprint density at radius 1 is 1.21 bits per heavy atom. The highest BCUT2D eigenvalue weighted by Crippen LogP contribution is 2.32. The molecule has 28 heavy (non-hydrogen) atoms. The van der Waals surface area contributed by atoms with Crippen molar-refractivity contribution in [2.24, 2.45) is 7.05 Å². The lowest BCUT2D eigenvalue weighted by Crippen LogP contribution is -2.45. The zero-order valence-electron chi connectivity index (χ0n) is 16.1. The van der Waals surface area contributed by atoms with Gasteiger partial charge in [0.1, 0.15) is 5.52 Å². The molecule has 0 saturated carbocycles. The van der Waals surface area contributed by atoms with E-state index in [1.807, 2.05) is 47.1 Å². The number of urea groups is 1. The van der Waals surface area contributed by atoms with E-state index in [-0.39, 0.29) is 18.0 Å². The van der Waals surface area contributed by atoms with E-state index in [4.69, 9.17) is 4.42 Å². The van der Waals surface area contributed by atoms with E-state index in [2.05, 4.69) is 15.4 Å². The summed E-state index contributed by atoms with van der Waals surface area (Å²) >= 11 is 0. The number of hydrogen-bond acceptors (Lipinski definition) is 4. The van der Waals surface area contributed by atoms with Crippen molar-refractivity contribution in [2.75, 3.05) is 13.1 Å². The lowest BCUT2D eigenvalue weighted by atomic mass is 9.93. The molecule has 7 nitrogen and oxygen atoms in total. The predicted molar refractivity (Wildman–Crippen MR) is 105 cm³/mol. The van der Waals surface area contributed by atoms with Crippen LogP contribution in [0.1, 0.15) is 54.8 Å². The second-order valence-electron chi connectivity index (χ2n) is 7.85. The molecule has 1 fully saturated rings. The number of hydrogen-bond donors (Lipinski definition) is 1. The van der Waals surface area contributed by atoms with Crippen molar-refractivity contribution in [2.45, 2.75) is 44.1 Å². The molecule has 1 aromatic carbocycles. The minimum absolute atomic E-state index is 0.0257. The summed E-state index contributed by atoms with van der Waals surface area (Å²) in [7, 11) is 1.97. The first-order valence-electron chi connectivity index (χ1n) is 10.1. The molecule has 1 aliphatic carbocycles. The van der Waals surface area contributed by atoms with Gasteiger partial charge in [0.2, 0.25) is 0 Å². The first-order chi connectivity index (χ1) is 13.7. The lowest BCUT2D eigenvalue weighted by Gasteiger charge is -2.33. The van der Waals surface area contributed by atoms with Gasteiger partial charge in [0.15, 0.2) is 11.5 Å². The van der Waals surface area contributed by atoms with Gasteiger partial charge >= 0.3 is 6.03 Å². The third-order valence-electron chi connectivity index (χ3n) is 6.12. The van der Waals surface area contributed by atoms with Crippen molar-refractivity contribution >= 4 is 17.1 Å². The Balaban J connectivity index is 1.21. The smallest absolute Gasteiger partial charge is 0.317 e. The van der Waals surface area contributed by atoms with Gasteiger partial charge in [0, 0.05) is 37.3 Å². The van der Waals surface area contributed by atoms with E-state index in [0.29, 0.717) is 0 Å². The summed E-state index contributed by atoms with van der Waals surface area (Å²) in [6.45, 7) is 1.45. The maximum atomic E-state index is 12.8. The Bertz CT molecular complexity index is 966. The van der Waals surface area contributed by atoms with Crippen molar-refractivity contribution < 1.29 is 9.21 Å². The molecule has 5 rings (SSSR count). The van der Waals surface area contributed by atoms with E-state index in [0.717, 1.165) is 62.2 Å². The summed E-state index contributed by atoms with van der Waals surface area (Å²) in [6.07, 6.45) is 6.75. The normalized spacial score (nSPS) is 20.3. The average Bonchev–Trinajstić information content (AvgIpc) is 3.33. The van der Waals surface area contributed by atoms with Gasteiger partial charge in [-0.15, -0.1) is 0 Å². The summed E-state index contributed by atoms with van der Waals surface area (Å²) in [6, 6.07) is 7.95. The summed E-state index contributed by atoms with van der Waals surface area (Å²) in [5.74, 6) is 1.07. The standard InChI is InChI=1S/C21H25N5O2/c1-25-18-7-4-6-16(15(18)13-22-25)24-21(27)26-11-9-14(10-12-26)20-23-17-5-2-3-8-19(17)28-20/h2-3,5,8,13-14,16H,4,6-7,9-12H2,1H3,(H,24,27). The molecule has 0 bridgehead atoms. The van der Waals surface area contributed by atoms with Crippen LogP contribution in [0.25, 0.3) is 11.1 Å². The molecule has 2 aromatic heterocycles. The maximum Gasteiger partial charge on any atom is 0.317 e. The van der Waals surface area contributed by atoms with Crippen LogP contribution in [0.5, 0.6) is 0 Å². The van der Waals surface area contributed by atoms with Crippen molar-refractivity contribution in [3.8, 4) is 0 Å². The van der Waals surface area contributed by atoms with Crippen molar-refractivity contribution in [1.82, 2.24) is 25.0 Å². The quantitative estimate of drug-likeness (QED) is 0.739. The molecule has 1 atom stereocenters. The van der Waals surface area contributed by atoms with Crippen LogP contribution in [0, 0.1) is 0 Å². The van der Waals surface area contributed by atoms with Gasteiger partial charge in [0.25, 0.3) is 0 Å². The molecule has 2 amide bonds. The summed E-state index contributed by atoms with van der Waals surface area (Å²) in [5.41, 5.74) is 4.15. The van der Waals surface area contributed by atoms with Crippen LogP contribution in [0.3, 0.4) is 0 Å². The second kappa shape index (κ2) is 6.96. The van der Waals surface area contributed by atoms with Crippen LogP contribution >= 0.6 is 0 Å². The molecule has 2 aliphatic rings. The summed E-state index contributed by atoms with van der Waals surface area (Å²) in [4.78, 5) is 19.4. The second-order valence-corrected chi connectivity index (χ2v) is 7.85. The minimum Gasteiger partial charge on any atom is -0.440 e. The number of oxazole rings is 1. The highest BCUT2D eigenvalue weighted by Gasteiger charge is 2.30. The maximum absolute atomic E-state index is 12.8. The number of aromatic nitrogens is 3. The van der Waals surface area contributed by atoms with Crippen molar-refractivity contribution in [3.63, 3.8) is 0 Å². The highest BCUT2D eigenvalue weighted by molar-refractivity contribution is 5.75. The number of benzene rings is 1. The number of nitrogens with zero attached hydrogens (tertiary/aromatic N) is 4. The number of likely N-dealkylation sites (tertiary alicyclic amines) is 1. The molecule has 3 heterocycles. The van der Waals surface area contributed by atoms with E-state index in [1.54, 1.807) is 0 Å². The van der Waals surface area contributed by atoms with Gasteiger partial charge in [0.05, 0.1) is 12.2 Å². The first kappa shape index (κ1) is 17.3. The fourth-order valence-electron chi connectivity index (χ4n) is 4.49. The number of carbonyl (C=O) groups is 1. The van der Waals surface area contributed by atoms with Crippen LogP contribution in [-0.4, -0.2) is 38.8 Å². The average molecular weight is 379 g/mol. The van der Waals surface area contributed by atoms with Crippen LogP contribution in [0.4, 0.5) is 4.79 Å². The van der Waals surface area contributed by atoms with E-state index >= 15 is 0 Å². The third kappa shape index (κ3) is 3.04. The Labute approximate surface area is 163 Å². The monoisotopic (exact) mass is 379 g/mol. The van der Waals surface area contributed by atoms with Crippen molar-refractivity contribution in [3.05, 3.63) is 47.6 Å². The van der Waals surface area contributed by atoms with Crippen LogP contribution in [0.2, 0.25) is 0 Å². The van der Waals surface area contributed by atoms with E-state index < -0.39 is 0 Å². The lowest BCUT2D eigenvalue weighted by molar-refractivity contribution is 0.173. The van der Waals surface area contributed by atoms with Gasteiger partial charge in [-0.05, 0) is 44.2 Å². The predicted octanol–water partition coefficient (Wildman–Crippen LogP) is 3.53. The number of para-hydroxylation sites is 2. The van der Waals surface area contributed by atoms with E-state index in [1.165, 1.54) is 11.3 Å². The van der Waals surface area contributed by atoms with Gasteiger partial charge in [-0.3, -0.25) is 4.68 Å². The molecule has 146 valence electrons. The Kier molecular flexibility index (Phi) is 4.30. The highest BCUT2D eigenvalue weighted by atomic mass is 16.3. The Morgan fingerprint density at radius 2 is 2.04 bits per heavy atom. The van der Waals surface area contributed by atoms with Crippen molar-refractivity contribution in [1.29, 1.82) is 0 Å². The van der Waals surface area contributed by atoms with Crippen LogP contribution < -0.4 is 5.32 Å². The molecule has 1 N–H and O–H groups in total. The molecular weight excluding hydrogens is 354 g/mol. The summed E-state index contributed by atoms with van der Waals surface area (Å²) in [5, 5.41) is 7.59. The number of fused-ring (bicyclic) bond motifs is 2. The summed E-state index contributed by atoms with van der Waals surface area (Å²) < 4.78 is 7.86. The number of amides is 2. The fraction of sp³-hybridized carbons (Fsp3) is 0.476. The molecule has 0 radical (unpaired) electrons. The number of rotatable bonds is 2. The Hall–Kier alpha value is -2.83. The Morgan fingerprint density at radius 3 is 2.86 bits per heavy atom. The van der Waals surface area contributed by atoms with Gasteiger partial charge < -0.3 is 14.6 Å². The van der Waals surface area contributed by atoms with Gasteiger partial charge in [-0.1, -0.05) is 12.1 Å². The number of nitrogens with one attached hydrogen (secondary N) is 1. The zero-order valence-corrected chi connectivity index (χ0v) is 16.1. The zero-order chi connectivity index (χ0) is 19.1. The third-order valence-corrected chi connectivity index (χ3v) is 6.12. The van der Waals surface area contributed by atoms with Crippen LogP contribution in [-0.2, 0) is 13.5 Å². The first-order valence-corrected chi connectivity index (χ1v) is 10.1. The topological polar surface area (TPSA) is 76.2 Å². The molecule has 1 aliphatic heterocycles. The van der Waals surface area contributed by atoms with E-state index in [9.17, 15) is 4.79 Å². The number of carbonyl (C=O) groups excluding carboxylic acids is 1. The fourth-order valence-corrected chi connectivity index (χ4v) is 4.49. The molecule has 7 heteroatoms. The SMILES string of the molecule is Cn1ncc2c1CCCC2NC(=O)N1CCC(c2nc3ccccc3o2)CC1. The minimum atomic E-state index is 0.0257. The molecular formula is C21H25N5O2. The molecule has 0 spiro atoms. The van der Waals surface area contributed by atoms with Gasteiger partial charge in [-0.2, -0.15) is 5.10 Å². The molecule has 1 unspecified atom stereocenters. The largest absolute Gasteiger partial charge is 0.440 e. The molecule has 3 aromatic rings. The molecule has 1 saturated heterocycles.